The van der Waals surface area contributed by atoms with E-state index in [1.165, 1.54) is 30.4 Å². The summed E-state index contributed by atoms with van der Waals surface area (Å²) in [6, 6.07) is 9.68. The Morgan fingerprint density at radius 2 is 1.69 bits per heavy atom. The van der Waals surface area contributed by atoms with Crippen LogP contribution in [0.5, 0.6) is 0 Å². The van der Waals surface area contributed by atoms with Crippen LogP contribution in [0.2, 0.25) is 0 Å². The molecule has 0 radical (unpaired) electrons. The molecule has 2 rings (SSSR count). The van der Waals surface area contributed by atoms with Crippen LogP contribution < -0.4 is 5.32 Å². The van der Waals surface area contributed by atoms with E-state index in [0.29, 0.717) is 12.0 Å². The van der Waals surface area contributed by atoms with Gasteiger partial charge in [0.25, 0.3) is 0 Å². The highest BCUT2D eigenvalue weighted by Crippen LogP contribution is 2.37. The lowest BCUT2D eigenvalue weighted by Crippen LogP contribution is -2.16. The first kappa shape index (κ1) is 11.7. The summed E-state index contributed by atoms with van der Waals surface area (Å²) in [5, 5.41) is 3.44. The summed E-state index contributed by atoms with van der Waals surface area (Å²) in [5.41, 5.74) is 2.88. The highest BCUT2D eigenvalue weighted by molar-refractivity contribution is 5.27. The van der Waals surface area contributed by atoms with Crippen LogP contribution in [0.4, 0.5) is 0 Å². The maximum atomic E-state index is 3.44. The Labute approximate surface area is 99.3 Å². The molecule has 1 atom stereocenters. The summed E-state index contributed by atoms with van der Waals surface area (Å²) in [6.07, 6.45) is 4.17. The Hall–Kier alpha value is -0.820. The van der Waals surface area contributed by atoms with Gasteiger partial charge in [-0.25, -0.2) is 0 Å². The Morgan fingerprint density at radius 3 is 2.12 bits per heavy atom. The van der Waals surface area contributed by atoms with Gasteiger partial charge >= 0.3 is 0 Å². The van der Waals surface area contributed by atoms with Crippen molar-refractivity contribution >= 4 is 0 Å². The molecule has 0 spiro atoms. The number of hydrogen-bond donors (Lipinski definition) is 1. The summed E-state index contributed by atoms with van der Waals surface area (Å²) in [4.78, 5) is 0. The third-order valence-corrected chi connectivity index (χ3v) is 3.62. The quantitative estimate of drug-likeness (QED) is 0.789. The van der Waals surface area contributed by atoms with Gasteiger partial charge in [-0.2, -0.15) is 0 Å². The van der Waals surface area contributed by atoms with Crippen molar-refractivity contribution in [3.05, 3.63) is 35.4 Å². The van der Waals surface area contributed by atoms with Gasteiger partial charge in [-0.05, 0) is 36.4 Å². The minimum atomic E-state index is 0.550. The number of benzene rings is 1. The van der Waals surface area contributed by atoms with Crippen molar-refractivity contribution < 1.29 is 0 Å². The van der Waals surface area contributed by atoms with Crippen molar-refractivity contribution in [2.45, 2.75) is 45.1 Å². The minimum absolute atomic E-state index is 0.550. The molecule has 88 valence electrons. The Morgan fingerprint density at radius 1 is 1.12 bits per heavy atom. The molecule has 1 aliphatic carbocycles. The van der Waals surface area contributed by atoms with Gasteiger partial charge in [-0.1, -0.05) is 51.0 Å². The Bertz CT molecular complexity index is 322. The van der Waals surface area contributed by atoms with Crippen molar-refractivity contribution in [1.82, 2.24) is 5.32 Å². The largest absolute Gasteiger partial charge is 0.313 e. The van der Waals surface area contributed by atoms with Crippen molar-refractivity contribution in [2.75, 3.05) is 7.05 Å². The molecule has 1 aromatic rings. The lowest BCUT2D eigenvalue weighted by Gasteiger charge is -2.17. The van der Waals surface area contributed by atoms with Gasteiger partial charge in [-0.15, -0.1) is 0 Å². The van der Waals surface area contributed by atoms with Crippen LogP contribution in [-0.4, -0.2) is 7.05 Å². The summed E-state index contributed by atoms with van der Waals surface area (Å²) >= 11 is 0. The lowest BCUT2D eigenvalue weighted by molar-refractivity contribution is 0.514. The first-order chi connectivity index (χ1) is 7.70. The molecule has 1 fully saturated rings. The number of nitrogens with one attached hydrogen (secondary N) is 1. The topological polar surface area (TPSA) is 12.0 Å². The van der Waals surface area contributed by atoms with E-state index in [9.17, 15) is 0 Å². The molecule has 0 heterocycles. The second-order valence-corrected chi connectivity index (χ2v) is 5.34. The van der Waals surface area contributed by atoms with Gasteiger partial charge < -0.3 is 5.32 Å². The highest BCUT2D eigenvalue weighted by atomic mass is 14.9. The zero-order valence-corrected chi connectivity index (χ0v) is 10.7. The first-order valence-corrected chi connectivity index (χ1v) is 6.48. The van der Waals surface area contributed by atoms with Crippen LogP contribution in [-0.2, 0) is 0 Å². The molecular formula is C15H23N. The third-order valence-electron chi connectivity index (χ3n) is 3.62. The standard InChI is InChI=1S/C15H23N/c1-11(2)13-6-8-14(9-7-13)15(16-3)10-12-4-5-12/h6-9,11-12,15-16H,4-5,10H2,1-3H3. The van der Waals surface area contributed by atoms with E-state index in [1.807, 2.05) is 0 Å². The molecule has 0 saturated heterocycles. The predicted octanol–water partition coefficient (Wildman–Crippen LogP) is 3.87. The van der Waals surface area contributed by atoms with Crippen LogP contribution in [0.15, 0.2) is 24.3 Å². The molecule has 0 aromatic heterocycles. The van der Waals surface area contributed by atoms with Crippen molar-refractivity contribution in [2.24, 2.45) is 5.92 Å². The lowest BCUT2D eigenvalue weighted by atomic mass is 9.97. The number of rotatable bonds is 5. The van der Waals surface area contributed by atoms with Crippen LogP contribution in [0.3, 0.4) is 0 Å². The van der Waals surface area contributed by atoms with Crippen molar-refractivity contribution in [3.8, 4) is 0 Å². The van der Waals surface area contributed by atoms with Gasteiger partial charge in [0.15, 0.2) is 0 Å². The molecule has 1 aliphatic rings. The zero-order valence-electron chi connectivity index (χ0n) is 10.7. The van der Waals surface area contributed by atoms with Gasteiger partial charge in [0.05, 0.1) is 0 Å². The number of hydrogen-bond acceptors (Lipinski definition) is 1. The van der Waals surface area contributed by atoms with Gasteiger partial charge in [0.2, 0.25) is 0 Å². The maximum absolute atomic E-state index is 3.44. The maximum Gasteiger partial charge on any atom is 0.0320 e. The van der Waals surface area contributed by atoms with Gasteiger partial charge in [0.1, 0.15) is 0 Å². The van der Waals surface area contributed by atoms with Crippen LogP contribution in [0.25, 0.3) is 0 Å². The molecule has 0 bridgehead atoms. The zero-order chi connectivity index (χ0) is 11.5. The molecule has 1 aromatic carbocycles. The molecular weight excluding hydrogens is 194 g/mol. The average molecular weight is 217 g/mol. The second kappa shape index (κ2) is 5.01. The van der Waals surface area contributed by atoms with E-state index in [4.69, 9.17) is 0 Å². The SMILES string of the molecule is CNC(CC1CC1)c1ccc(C(C)C)cc1. The highest BCUT2D eigenvalue weighted by Gasteiger charge is 2.25. The van der Waals surface area contributed by atoms with Gasteiger partial charge in [-0.3, -0.25) is 0 Å². The van der Waals surface area contributed by atoms with Crippen molar-refractivity contribution in [3.63, 3.8) is 0 Å². The smallest absolute Gasteiger partial charge is 0.0320 e. The Balaban J connectivity index is 2.05. The minimum Gasteiger partial charge on any atom is -0.313 e. The third kappa shape index (κ3) is 2.85. The van der Waals surface area contributed by atoms with E-state index in [-0.39, 0.29) is 0 Å². The predicted molar refractivity (Wildman–Crippen MR) is 69.7 cm³/mol. The molecule has 1 N–H and O–H groups in total. The van der Waals surface area contributed by atoms with E-state index < -0.39 is 0 Å². The monoisotopic (exact) mass is 217 g/mol. The summed E-state index contributed by atoms with van der Waals surface area (Å²) < 4.78 is 0. The first-order valence-electron chi connectivity index (χ1n) is 6.48. The Kier molecular flexibility index (Phi) is 3.65. The average Bonchev–Trinajstić information content (AvgIpc) is 3.10. The second-order valence-electron chi connectivity index (χ2n) is 5.34. The molecule has 0 amide bonds. The van der Waals surface area contributed by atoms with Crippen LogP contribution >= 0.6 is 0 Å². The summed E-state index contributed by atoms with van der Waals surface area (Å²) in [7, 11) is 2.07. The van der Waals surface area contributed by atoms with Crippen LogP contribution in [0, 0.1) is 5.92 Å². The molecule has 1 nitrogen and oxygen atoms in total. The fourth-order valence-corrected chi connectivity index (χ4v) is 2.22. The van der Waals surface area contributed by atoms with E-state index in [0.717, 1.165) is 5.92 Å². The van der Waals surface area contributed by atoms with E-state index in [2.05, 4.69) is 50.5 Å². The fourth-order valence-electron chi connectivity index (χ4n) is 2.22. The van der Waals surface area contributed by atoms with Gasteiger partial charge in [0, 0.05) is 6.04 Å². The van der Waals surface area contributed by atoms with Crippen LogP contribution in [0.1, 0.15) is 56.2 Å². The molecule has 1 heteroatoms. The molecule has 16 heavy (non-hydrogen) atoms. The van der Waals surface area contributed by atoms with E-state index >= 15 is 0 Å². The van der Waals surface area contributed by atoms with Crippen molar-refractivity contribution in [1.29, 1.82) is 0 Å². The van der Waals surface area contributed by atoms with E-state index in [1.54, 1.807) is 0 Å². The summed E-state index contributed by atoms with van der Waals surface area (Å²) in [5.74, 6) is 1.60. The molecule has 1 saturated carbocycles. The molecule has 0 aliphatic heterocycles. The fraction of sp³-hybridized carbons (Fsp3) is 0.600. The normalized spacial score (nSPS) is 17.8. The molecule has 1 unspecified atom stereocenters. The summed E-state index contributed by atoms with van der Waals surface area (Å²) in [6.45, 7) is 4.49.